The fraction of sp³-hybridized carbons (Fsp3) is 0.500. The number of allylic oxidation sites excluding steroid dienone is 4. The first kappa shape index (κ1) is 23.0. The van der Waals surface area contributed by atoms with Crippen LogP contribution in [-0.2, 0) is 22.9 Å². The molecule has 0 fully saturated rings. The Labute approximate surface area is 175 Å². The van der Waals surface area contributed by atoms with E-state index in [1.165, 1.54) is 62.8 Å². The van der Waals surface area contributed by atoms with E-state index in [0.717, 1.165) is 27.1 Å². The van der Waals surface area contributed by atoms with Crippen LogP contribution in [0.1, 0.15) is 61.7 Å². The van der Waals surface area contributed by atoms with E-state index in [-0.39, 0.29) is 11.8 Å². The number of hydrogen-bond donors (Lipinski definition) is 0. The summed E-state index contributed by atoms with van der Waals surface area (Å²) in [4.78, 5) is 12.2. The predicted octanol–water partition coefficient (Wildman–Crippen LogP) is 3.48. The number of carbonyl (C=O) groups is 1. The van der Waals surface area contributed by atoms with Gasteiger partial charge in [0.05, 0.1) is 0 Å². The van der Waals surface area contributed by atoms with E-state index in [9.17, 15) is 9.18 Å². The van der Waals surface area contributed by atoms with Gasteiger partial charge in [-0.3, -0.25) is 0 Å². The molecule has 0 bridgehead atoms. The van der Waals surface area contributed by atoms with E-state index in [1.807, 2.05) is 0 Å². The Hall–Kier alpha value is -1.27. The van der Waals surface area contributed by atoms with Gasteiger partial charge in [0.1, 0.15) is 0 Å². The van der Waals surface area contributed by atoms with Crippen molar-refractivity contribution in [3.8, 4) is 0 Å². The first-order valence-corrected chi connectivity index (χ1v) is 11.2. The maximum absolute atomic E-state index is 13.0. The molecule has 3 aliphatic carbocycles. The van der Waals surface area contributed by atoms with Crippen LogP contribution in [0.2, 0.25) is 4.22 Å². The number of carbonyl (C=O) groups excluding carboxylic acids is 1. The van der Waals surface area contributed by atoms with E-state index >= 15 is 0 Å². The van der Waals surface area contributed by atoms with Gasteiger partial charge < -0.3 is 10.2 Å². The van der Waals surface area contributed by atoms with Crippen molar-refractivity contribution < 1.29 is 42.3 Å². The summed E-state index contributed by atoms with van der Waals surface area (Å²) in [6.07, 6.45) is 9.94. The quantitative estimate of drug-likeness (QED) is 0.700. The molecule has 28 heavy (non-hydrogen) atoms. The minimum atomic E-state index is -0.813. The van der Waals surface area contributed by atoms with Gasteiger partial charge in [-0.15, -0.1) is 0 Å². The second-order valence-corrected chi connectivity index (χ2v) is 8.70. The number of hydrogen-bond acceptors (Lipinski definition) is 4. The monoisotopic (exact) mass is 422 g/mol. The van der Waals surface area contributed by atoms with Gasteiger partial charge in [0, 0.05) is 0 Å². The average molecular weight is 422 g/mol. The molecule has 150 valence electrons. The van der Waals surface area contributed by atoms with Crippen LogP contribution < -0.4 is 10.2 Å². The summed E-state index contributed by atoms with van der Waals surface area (Å²) >= 11 is -0.813. The van der Waals surface area contributed by atoms with Crippen molar-refractivity contribution in [2.75, 3.05) is 14.2 Å². The first-order valence-electron chi connectivity index (χ1n) is 9.69. The van der Waals surface area contributed by atoms with Crippen molar-refractivity contribution in [2.24, 2.45) is 0 Å². The topological polar surface area (TPSA) is 72.4 Å². The molecule has 0 saturated heterocycles. The first-order chi connectivity index (χ1) is 13.7. The van der Waals surface area contributed by atoms with Crippen molar-refractivity contribution in [2.45, 2.75) is 55.6 Å². The van der Waals surface area contributed by atoms with E-state index < -0.39 is 19.5 Å². The molecule has 4 rings (SSSR count). The third-order valence-electron chi connectivity index (χ3n) is 5.45. The summed E-state index contributed by atoms with van der Waals surface area (Å²) in [7, 11) is 1.50. The molecule has 0 saturated carbocycles. The summed E-state index contributed by atoms with van der Waals surface area (Å²) in [5.74, 6) is -0.620. The maximum atomic E-state index is 13.0. The van der Waals surface area contributed by atoms with Crippen molar-refractivity contribution >= 4 is 5.97 Å². The van der Waals surface area contributed by atoms with Gasteiger partial charge in [-0.25, -0.2) is 0 Å². The van der Waals surface area contributed by atoms with Gasteiger partial charge in [-0.2, -0.15) is 14.2 Å². The van der Waals surface area contributed by atoms with Gasteiger partial charge in [-0.1, -0.05) is 0 Å². The molecule has 0 aliphatic heterocycles. The zero-order valence-electron chi connectivity index (χ0n) is 16.6. The van der Waals surface area contributed by atoms with Crippen molar-refractivity contribution in [1.82, 2.24) is 0 Å². The van der Waals surface area contributed by atoms with Crippen LogP contribution in [0, 0.1) is 5.82 Å². The van der Waals surface area contributed by atoms with Crippen LogP contribution in [0.25, 0.3) is 0 Å². The van der Waals surface area contributed by atoms with Crippen LogP contribution in [0.5, 0.6) is 0 Å². The Morgan fingerprint density at radius 2 is 1.64 bits per heavy atom. The van der Waals surface area contributed by atoms with Gasteiger partial charge >= 0.3 is 152 Å². The SMILES string of the molecule is C[O-].C[O-].O=C([O][Ti+2][CH]1CCCC2=C1CC1=C2CCCC1)c1ccc(F)cc1. The summed E-state index contributed by atoms with van der Waals surface area (Å²) in [5, 5.41) is 16.5. The Kier molecular flexibility index (Phi) is 9.59. The third-order valence-corrected chi connectivity index (χ3v) is 7.36. The third kappa shape index (κ3) is 5.41. The van der Waals surface area contributed by atoms with Gasteiger partial charge in [-0.05, 0) is 0 Å². The molecular formula is C22H27FO4Ti. The minimum absolute atomic E-state index is 0.293. The number of halogens is 1. The standard InChI is InChI=1S/C13H17.C7H5FO2.2CH3O.Ti/c1-3-7-12-10(5-1)9-11-6-2-4-8-13(11)12;8-6-3-1-5(2-4-6)7(9)10;2*1-2;/h5H,1-4,6-9H2;1-4H,(H,9,10);2*1H3;/q;;2*-1;+3/p-1. The van der Waals surface area contributed by atoms with Crippen LogP contribution in [0.15, 0.2) is 46.6 Å². The Bertz CT molecular complexity index is 725. The average Bonchev–Trinajstić information content (AvgIpc) is 3.15. The molecule has 3 aliphatic rings. The number of rotatable bonds is 3. The van der Waals surface area contributed by atoms with Crippen LogP contribution >= 0.6 is 0 Å². The van der Waals surface area contributed by atoms with Crippen molar-refractivity contribution in [3.63, 3.8) is 0 Å². The van der Waals surface area contributed by atoms with Gasteiger partial charge in [0.25, 0.3) is 0 Å². The summed E-state index contributed by atoms with van der Waals surface area (Å²) in [6, 6.07) is 5.63. The molecule has 0 spiro atoms. The van der Waals surface area contributed by atoms with E-state index in [4.69, 9.17) is 13.5 Å². The second-order valence-electron chi connectivity index (χ2n) is 6.93. The van der Waals surface area contributed by atoms with E-state index in [1.54, 1.807) is 22.3 Å². The van der Waals surface area contributed by atoms with Crippen LogP contribution in [0.4, 0.5) is 4.39 Å². The Morgan fingerprint density at radius 1 is 1.00 bits per heavy atom. The van der Waals surface area contributed by atoms with Gasteiger partial charge in [0.15, 0.2) is 0 Å². The molecule has 1 atom stereocenters. The van der Waals surface area contributed by atoms with Crippen LogP contribution in [0.3, 0.4) is 0 Å². The molecule has 1 unspecified atom stereocenters. The molecule has 0 N–H and O–H groups in total. The summed E-state index contributed by atoms with van der Waals surface area (Å²) in [5.41, 5.74) is 7.02. The van der Waals surface area contributed by atoms with E-state index in [0.29, 0.717) is 9.79 Å². The molecule has 0 heterocycles. The molecule has 1 aromatic carbocycles. The fourth-order valence-corrected chi connectivity index (χ4v) is 5.99. The molecule has 1 aromatic rings. The number of fused-ring (bicyclic) bond motifs is 1. The van der Waals surface area contributed by atoms with Crippen molar-refractivity contribution in [3.05, 3.63) is 57.9 Å². The van der Waals surface area contributed by atoms with E-state index in [2.05, 4.69) is 0 Å². The molecule has 6 heteroatoms. The Balaban J connectivity index is 0.000000660. The normalized spacial score (nSPS) is 20.0. The fourth-order valence-electron chi connectivity index (χ4n) is 4.26. The predicted molar refractivity (Wildman–Crippen MR) is 98.4 cm³/mol. The second kappa shape index (κ2) is 11.7. The summed E-state index contributed by atoms with van der Waals surface area (Å²) in [6.45, 7) is 0. The number of benzene rings is 1. The molecule has 0 amide bonds. The zero-order valence-corrected chi connectivity index (χ0v) is 18.1. The molecule has 4 nitrogen and oxygen atoms in total. The summed E-state index contributed by atoms with van der Waals surface area (Å²) < 4.78 is 19.1. The van der Waals surface area contributed by atoms with Crippen LogP contribution in [-0.4, -0.2) is 20.2 Å². The molecule has 0 aromatic heterocycles. The molecule has 0 radical (unpaired) electrons. The Morgan fingerprint density at radius 3 is 2.36 bits per heavy atom. The van der Waals surface area contributed by atoms with Gasteiger partial charge in [0.2, 0.25) is 0 Å². The van der Waals surface area contributed by atoms with Crippen molar-refractivity contribution in [1.29, 1.82) is 0 Å². The zero-order chi connectivity index (χ0) is 20.5. The molecular weight excluding hydrogens is 395 g/mol.